The van der Waals surface area contributed by atoms with E-state index in [0.717, 1.165) is 15.9 Å². The Bertz CT molecular complexity index is 889. The zero-order valence-electron chi connectivity index (χ0n) is 9.83. The average molecular weight is 267 g/mol. The molecule has 92 valence electrons. The second-order valence-corrected chi connectivity index (χ2v) is 5.19. The molecule has 1 aromatic carbocycles. The fourth-order valence-corrected chi connectivity index (χ4v) is 2.96. The fraction of sp³-hybridized carbons (Fsp3) is 0. The average Bonchev–Trinajstić information content (AvgIpc) is 3.06. The van der Waals surface area contributed by atoms with Crippen molar-refractivity contribution in [1.82, 2.24) is 14.5 Å². The van der Waals surface area contributed by atoms with Gasteiger partial charge in [0.1, 0.15) is 5.69 Å². The molecular formula is C14H9N3OS. The van der Waals surface area contributed by atoms with Gasteiger partial charge in [0.05, 0.1) is 15.9 Å². The van der Waals surface area contributed by atoms with Crippen LogP contribution in [0.25, 0.3) is 27.4 Å². The number of nitrogens with zero attached hydrogens (tertiary/aromatic N) is 2. The number of hydrogen-bond donors (Lipinski definition) is 1. The van der Waals surface area contributed by atoms with Crippen LogP contribution < -0.4 is 5.56 Å². The summed E-state index contributed by atoms with van der Waals surface area (Å²) in [5, 5.41) is 1.95. The molecule has 0 unspecified atom stereocenters. The van der Waals surface area contributed by atoms with Crippen LogP contribution in [-0.2, 0) is 0 Å². The first kappa shape index (κ1) is 10.5. The molecule has 0 fully saturated rings. The highest BCUT2D eigenvalue weighted by atomic mass is 32.1. The smallest absolute Gasteiger partial charge is 0.284 e. The van der Waals surface area contributed by atoms with Gasteiger partial charge in [-0.3, -0.25) is 9.36 Å². The highest BCUT2D eigenvalue weighted by Crippen LogP contribution is 2.24. The lowest BCUT2D eigenvalue weighted by Gasteiger charge is -2.05. The summed E-state index contributed by atoms with van der Waals surface area (Å²) in [6.45, 7) is 0. The molecule has 1 N–H and O–H groups in total. The second kappa shape index (κ2) is 3.80. The fourth-order valence-electron chi connectivity index (χ4n) is 2.26. The Hall–Kier alpha value is -2.40. The molecule has 3 heterocycles. The first-order valence-electron chi connectivity index (χ1n) is 5.87. The highest BCUT2D eigenvalue weighted by Gasteiger charge is 2.18. The Kier molecular flexibility index (Phi) is 2.10. The van der Waals surface area contributed by atoms with Crippen LogP contribution in [0.15, 0.2) is 52.8 Å². The summed E-state index contributed by atoms with van der Waals surface area (Å²) >= 11 is 1.52. The Morgan fingerprint density at radius 3 is 2.89 bits per heavy atom. The zero-order chi connectivity index (χ0) is 12.8. The van der Waals surface area contributed by atoms with E-state index in [0.29, 0.717) is 11.5 Å². The van der Waals surface area contributed by atoms with E-state index >= 15 is 0 Å². The van der Waals surface area contributed by atoms with Gasteiger partial charge >= 0.3 is 0 Å². The normalized spacial score (nSPS) is 11.4. The minimum atomic E-state index is -0.0670. The van der Waals surface area contributed by atoms with Crippen molar-refractivity contribution < 1.29 is 0 Å². The van der Waals surface area contributed by atoms with Crippen molar-refractivity contribution >= 4 is 22.4 Å². The Balaban J connectivity index is 2.16. The standard InChI is InChI=1S/C14H9N3OS/c18-14-13(11-6-3-7-19-11)16-12-8-15-9-4-1-2-5-10(9)17(12)14/h1-8,15H. The van der Waals surface area contributed by atoms with E-state index in [-0.39, 0.29) is 5.56 Å². The van der Waals surface area contributed by atoms with Gasteiger partial charge in [0.2, 0.25) is 0 Å². The number of benzene rings is 1. The van der Waals surface area contributed by atoms with Crippen LogP contribution in [0.1, 0.15) is 0 Å². The molecule has 0 saturated carbocycles. The summed E-state index contributed by atoms with van der Waals surface area (Å²) in [5.41, 5.74) is 2.21. The molecule has 0 atom stereocenters. The van der Waals surface area contributed by atoms with Gasteiger partial charge in [0.25, 0.3) is 5.56 Å². The molecule has 2 aliphatic heterocycles. The van der Waals surface area contributed by atoms with Gasteiger partial charge in [0.15, 0.2) is 5.82 Å². The van der Waals surface area contributed by atoms with Gasteiger partial charge in [-0.25, -0.2) is 4.98 Å². The lowest BCUT2D eigenvalue weighted by Crippen LogP contribution is -2.14. The molecule has 0 amide bonds. The first-order valence-corrected chi connectivity index (χ1v) is 6.75. The van der Waals surface area contributed by atoms with Gasteiger partial charge in [-0.2, -0.15) is 0 Å². The van der Waals surface area contributed by atoms with E-state index in [2.05, 4.69) is 9.97 Å². The number of para-hydroxylation sites is 2. The van der Waals surface area contributed by atoms with Crippen molar-refractivity contribution in [2.45, 2.75) is 0 Å². The molecule has 4 rings (SSSR count). The molecule has 0 spiro atoms. The minimum Gasteiger partial charge on any atom is -0.357 e. The number of nitrogens with one attached hydrogen (secondary N) is 1. The van der Waals surface area contributed by atoms with Crippen molar-refractivity contribution in [3.63, 3.8) is 0 Å². The van der Waals surface area contributed by atoms with Crippen molar-refractivity contribution in [1.29, 1.82) is 0 Å². The van der Waals surface area contributed by atoms with Gasteiger partial charge in [-0.15, -0.1) is 11.3 Å². The van der Waals surface area contributed by atoms with Gasteiger partial charge in [-0.1, -0.05) is 18.2 Å². The second-order valence-electron chi connectivity index (χ2n) is 4.24. The number of thiophene rings is 1. The minimum absolute atomic E-state index is 0.0670. The van der Waals surface area contributed by atoms with Gasteiger partial charge < -0.3 is 4.98 Å². The van der Waals surface area contributed by atoms with Crippen LogP contribution in [0.3, 0.4) is 0 Å². The maximum Gasteiger partial charge on any atom is 0.284 e. The zero-order valence-corrected chi connectivity index (χ0v) is 10.6. The van der Waals surface area contributed by atoms with Gasteiger partial charge in [-0.05, 0) is 23.6 Å². The van der Waals surface area contributed by atoms with Crippen molar-refractivity contribution in [3.05, 3.63) is 58.3 Å². The van der Waals surface area contributed by atoms with E-state index < -0.39 is 0 Å². The van der Waals surface area contributed by atoms with Crippen LogP contribution in [0.4, 0.5) is 0 Å². The molecular weight excluding hydrogens is 258 g/mol. The quantitative estimate of drug-likeness (QED) is 0.576. The van der Waals surface area contributed by atoms with Crippen LogP contribution >= 0.6 is 11.3 Å². The third-order valence-corrected chi connectivity index (χ3v) is 3.99. The van der Waals surface area contributed by atoms with Crippen molar-refractivity contribution in [3.8, 4) is 16.4 Å². The summed E-state index contributed by atoms with van der Waals surface area (Å²) in [4.78, 5) is 21.0. The molecule has 1 aromatic heterocycles. The summed E-state index contributed by atoms with van der Waals surface area (Å²) < 4.78 is 1.65. The van der Waals surface area contributed by atoms with E-state index in [1.807, 2.05) is 41.8 Å². The Morgan fingerprint density at radius 1 is 1.16 bits per heavy atom. The number of H-pyrrole nitrogens is 1. The first-order chi connectivity index (χ1) is 9.34. The lowest BCUT2D eigenvalue weighted by molar-refractivity contribution is 1.03. The number of fused-ring (bicyclic) bond motifs is 3. The summed E-state index contributed by atoms with van der Waals surface area (Å²) in [7, 11) is 0. The topological polar surface area (TPSA) is 50.7 Å². The molecule has 0 radical (unpaired) electrons. The SMILES string of the molecule is O=c1c(-c2cccs2)nc2c[nH]c3ccccc3n1-2. The number of imidazole rings is 1. The maximum atomic E-state index is 12.5. The summed E-state index contributed by atoms with van der Waals surface area (Å²) in [6.07, 6.45) is 1.76. The van der Waals surface area contributed by atoms with Crippen molar-refractivity contribution in [2.24, 2.45) is 0 Å². The van der Waals surface area contributed by atoms with Crippen LogP contribution in [-0.4, -0.2) is 14.5 Å². The van der Waals surface area contributed by atoms with E-state index in [1.165, 1.54) is 11.3 Å². The Morgan fingerprint density at radius 2 is 2.05 bits per heavy atom. The van der Waals surface area contributed by atoms with Crippen LogP contribution in [0, 0.1) is 0 Å². The van der Waals surface area contributed by atoms with E-state index in [1.54, 1.807) is 10.8 Å². The highest BCUT2D eigenvalue weighted by molar-refractivity contribution is 7.13. The van der Waals surface area contributed by atoms with Crippen molar-refractivity contribution in [2.75, 3.05) is 0 Å². The third-order valence-electron chi connectivity index (χ3n) is 3.12. The molecule has 0 aliphatic carbocycles. The molecule has 4 nitrogen and oxygen atoms in total. The van der Waals surface area contributed by atoms with E-state index in [4.69, 9.17) is 0 Å². The Labute approximate surface area is 112 Å². The molecule has 0 saturated heterocycles. The monoisotopic (exact) mass is 267 g/mol. The summed E-state index contributed by atoms with van der Waals surface area (Å²) in [6, 6.07) is 11.6. The van der Waals surface area contributed by atoms with Crippen LogP contribution in [0.5, 0.6) is 0 Å². The largest absolute Gasteiger partial charge is 0.357 e. The predicted molar refractivity (Wildman–Crippen MR) is 76.2 cm³/mol. The molecule has 2 aliphatic rings. The number of hydrogen-bond acceptors (Lipinski definition) is 3. The predicted octanol–water partition coefficient (Wildman–Crippen LogP) is 2.88. The summed E-state index contributed by atoms with van der Waals surface area (Å²) in [5.74, 6) is 0.645. The molecule has 19 heavy (non-hydrogen) atoms. The van der Waals surface area contributed by atoms with Gasteiger partial charge in [0, 0.05) is 6.20 Å². The number of aromatic nitrogens is 3. The lowest BCUT2D eigenvalue weighted by atomic mass is 10.3. The molecule has 0 bridgehead atoms. The molecule has 2 aromatic rings. The maximum absolute atomic E-state index is 12.5. The van der Waals surface area contributed by atoms with Crippen LogP contribution in [0.2, 0.25) is 0 Å². The number of aromatic amines is 1. The van der Waals surface area contributed by atoms with E-state index in [9.17, 15) is 4.79 Å². The molecule has 5 heteroatoms. The third kappa shape index (κ3) is 1.45. The number of rotatable bonds is 1.